The number of anilines is 1. The summed E-state index contributed by atoms with van der Waals surface area (Å²) < 4.78 is 6.02. The van der Waals surface area contributed by atoms with Gasteiger partial charge in [-0.3, -0.25) is 4.79 Å². The van der Waals surface area contributed by atoms with Crippen LogP contribution in [-0.2, 0) is 12.8 Å². The lowest BCUT2D eigenvalue weighted by Crippen LogP contribution is -2.38. The minimum atomic E-state index is -0.509. The number of methoxy groups -OCH3 is 1. The molecular formula is C21H25BrN2O3S. The SMILES string of the molecule is COc1cc(Br)cc([C@@H]2NC(=O)c3c(sc4c3CC[C@H](C(C)(C)C)C4)N2)c1O. The van der Waals surface area contributed by atoms with E-state index in [2.05, 4.69) is 47.3 Å². The predicted octanol–water partition coefficient (Wildman–Crippen LogP) is 5.23. The van der Waals surface area contributed by atoms with E-state index in [1.165, 1.54) is 17.6 Å². The van der Waals surface area contributed by atoms with Crippen molar-refractivity contribution in [3.05, 3.63) is 38.2 Å². The minimum absolute atomic E-state index is 0.0288. The van der Waals surface area contributed by atoms with Gasteiger partial charge in [0.1, 0.15) is 11.2 Å². The van der Waals surface area contributed by atoms with Gasteiger partial charge in [-0.05, 0) is 48.3 Å². The summed E-state index contributed by atoms with van der Waals surface area (Å²) in [4.78, 5) is 14.3. The molecular weight excluding hydrogens is 440 g/mol. The summed E-state index contributed by atoms with van der Waals surface area (Å²) in [5, 5.41) is 17.9. The fraction of sp³-hybridized carbons (Fsp3) is 0.476. The summed E-state index contributed by atoms with van der Waals surface area (Å²) in [6, 6.07) is 3.50. The Balaban J connectivity index is 1.69. The average molecular weight is 465 g/mol. The van der Waals surface area contributed by atoms with E-state index in [-0.39, 0.29) is 17.1 Å². The quantitative estimate of drug-likeness (QED) is 0.568. The van der Waals surface area contributed by atoms with E-state index in [1.807, 2.05) is 0 Å². The molecule has 1 aromatic heterocycles. The summed E-state index contributed by atoms with van der Waals surface area (Å²) >= 11 is 5.13. The Morgan fingerprint density at radius 1 is 1.29 bits per heavy atom. The van der Waals surface area contributed by atoms with Crippen molar-refractivity contribution in [1.82, 2.24) is 5.32 Å². The Labute approximate surface area is 177 Å². The van der Waals surface area contributed by atoms with Crippen LogP contribution in [0.1, 0.15) is 59.7 Å². The van der Waals surface area contributed by atoms with E-state index in [9.17, 15) is 9.90 Å². The molecule has 0 bridgehead atoms. The van der Waals surface area contributed by atoms with Gasteiger partial charge in [0.15, 0.2) is 11.5 Å². The fourth-order valence-corrected chi connectivity index (χ4v) is 5.97. The number of halogens is 1. The van der Waals surface area contributed by atoms with E-state index in [0.29, 0.717) is 17.2 Å². The smallest absolute Gasteiger partial charge is 0.256 e. The van der Waals surface area contributed by atoms with Crippen LogP contribution >= 0.6 is 27.3 Å². The van der Waals surface area contributed by atoms with Gasteiger partial charge in [-0.2, -0.15) is 0 Å². The minimum Gasteiger partial charge on any atom is -0.504 e. The van der Waals surface area contributed by atoms with Crippen LogP contribution in [0.15, 0.2) is 16.6 Å². The van der Waals surface area contributed by atoms with E-state index in [4.69, 9.17) is 4.74 Å². The molecule has 28 heavy (non-hydrogen) atoms. The number of hydrogen-bond acceptors (Lipinski definition) is 5. The number of carbonyl (C=O) groups excluding carboxylic acids is 1. The zero-order valence-corrected chi connectivity index (χ0v) is 18.9. The first-order valence-corrected chi connectivity index (χ1v) is 11.1. The second kappa shape index (κ2) is 6.95. The van der Waals surface area contributed by atoms with Gasteiger partial charge in [0.2, 0.25) is 0 Å². The number of ether oxygens (including phenoxy) is 1. The van der Waals surface area contributed by atoms with Crippen molar-refractivity contribution >= 4 is 38.2 Å². The fourth-order valence-electron chi connectivity index (χ4n) is 4.16. The Kier molecular flexibility index (Phi) is 4.86. The molecule has 0 saturated carbocycles. The van der Waals surface area contributed by atoms with E-state index in [1.54, 1.807) is 23.5 Å². The van der Waals surface area contributed by atoms with Crippen LogP contribution in [0.5, 0.6) is 11.5 Å². The molecule has 0 saturated heterocycles. The van der Waals surface area contributed by atoms with Gasteiger partial charge >= 0.3 is 0 Å². The van der Waals surface area contributed by atoms with Crippen LogP contribution < -0.4 is 15.4 Å². The highest BCUT2D eigenvalue weighted by Crippen LogP contribution is 2.47. The average Bonchev–Trinajstić information content (AvgIpc) is 3.00. The molecule has 7 heteroatoms. The Bertz CT molecular complexity index is 948. The van der Waals surface area contributed by atoms with Crippen molar-refractivity contribution in [3.63, 3.8) is 0 Å². The molecule has 1 aromatic carbocycles. The van der Waals surface area contributed by atoms with Gasteiger partial charge in [0.05, 0.1) is 12.7 Å². The zero-order valence-electron chi connectivity index (χ0n) is 16.5. The Morgan fingerprint density at radius 2 is 2.04 bits per heavy atom. The highest BCUT2D eigenvalue weighted by atomic mass is 79.9. The third-order valence-corrected chi connectivity index (χ3v) is 7.51. The summed E-state index contributed by atoms with van der Waals surface area (Å²) in [6.07, 6.45) is 2.56. The first kappa shape index (κ1) is 19.6. The Morgan fingerprint density at radius 3 is 2.71 bits per heavy atom. The second-order valence-electron chi connectivity index (χ2n) is 8.61. The molecule has 0 fully saturated rings. The molecule has 4 rings (SSSR count). The third kappa shape index (κ3) is 3.28. The first-order chi connectivity index (χ1) is 13.2. The monoisotopic (exact) mass is 464 g/mol. The summed E-state index contributed by atoms with van der Waals surface area (Å²) in [5.74, 6) is 0.937. The molecule has 0 unspecified atom stereocenters. The lowest BCUT2D eigenvalue weighted by Gasteiger charge is -2.34. The maximum atomic E-state index is 13.0. The van der Waals surface area contributed by atoms with Crippen LogP contribution in [0.4, 0.5) is 5.00 Å². The van der Waals surface area contributed by atoms with Crippen molar-refractivity contribution in [2.45, 2.75) is 46.2 Å². The Hall–Kier alpha value is -1.73. The molecule has 1 aliphatic carbocycles. The van der Waals surface area contributed by atoms with E-state index in [0.717, 1.165) is 34.3 Å². The van der Waals surface area contributed by atoms with E-state index < -0.39 is 6.17 Å². The summed E-state index contributed by atoms with van der Waals surface area (Å²) in [6.45, 7) is 6.88. The number of nitrogens with one attached hydrogen (secondary N) is 2. The predicted molar refractivity (Wildman–Crippen MR) is 115 cm³/mol. The molecule has 1 aliphatic heterocycles. The highest BCUT2D eigenvalue weighted by Gasteiger charge is 2.37. The highest BCUT2D eigenvalue weighted by molar-refractivity contribution is 9.10. The lowest BCUT2D eigenvalue weighted by molar-refractivity contribution is 0.0934. The van der Waals surface area contributed by atoms with Crippen molar-refractivity contribution in [3.8, 4) is 11.5 Å². The molecule has 0 radical (unpaired) electrons. The van der Waals surface area contributed by atoms with Crippen molar-refractivity contribution in [2.24, 2.45) is 11.3 Å². The lowest BCUT2D eigenvalue weighted by atomic mass is 9.72. The van der Waals surface area contributed by atoms with Gasteiger partial charge in [0.25, 0.3) is 5.91 Å². The standard InChI is InChI=1S/C21H25BrN2O3S/c1-21(2,3)10-5-6-12-15(7-10)28-20-16(12)19(26)23-18(24-20)13-8-11(22)9-14(27-4)17(13)25/h8-10,18,24-25H,5-7H2,1-4H3,(H,23,26)/t10-,18+/m0/s1. The van der Waals surface area contributed by atoms with Gasteiger partial charge in [-0.1, -0.05) is 36.7 Å². The maximum absolute atomic E-state index is 13.0. The topological polar surface area (TPSA) is 70.6 Å². The van der Waals surface area contributed by atoms with Crippen LogP contribution in [0, 0.1) is 11.3 Å². The van der Waals surface area contributed by atoms with Crippen LogP contribution in [0.25, 0.3) is 0 Å². The van der Waals surface area contributed by atoms with Crippen molar-refractivity contribution in [1.29, 1.82) is 0 Å². The van der Waals surface area contributed by atoms with Gasteiger partial charge in [-0.15, -0.1) is 11.3 Å². The summed E-state index contributed by atoms with van der Waals surface area (Å²) in [7, 11) is 1.51. The van der Waals surface area contributed by atoms with Gasteiger partial charge in [0, 0.05) is 14.9 Å². The van der Waals surface area contributed by atoms with Crippen LogP contribution in [0.2, 0.25) is 0 Å². The molecule has 0 spiro atoms. The van der Waals surface area contributed by atoms with Gasteiger partial charge < -0.3 is 20.5 Å². The molecule has 2 aliphatic rings. The number of carbonyl (C=O) groups is 1. The molecule has 2 aromatic rings. The number of hydrogen-bond donors (Lipinski definition) is 3. The molecule has 1 amide bonds. The van der Waals surface area contributed by atoms with Crippen LogP contribution in [-0.4, -0.2) is 18.1 Å². The molecule has 3 N–H and O–H groups in total. The number of phenols is 1. The molecule has 150 valence electrons. The molecule has 2 atom stereocenters. The van der Waals surface area contributed by atoms with E-state index >= 15 is 0 Å². The normalized spacial score (nSPS) is 21.4. The number of rotatable bonds is 2. The first-order valence-electron chi connectivity index (χ1n) is 9.47. The number of fused-ring (bicyclic) bond motifs is 3. The summed E-state index contributed by atoms with van der Waals surface area (Å²) in [5.41, 5.74) is 2.81. The largest absolute Gasteiger partial charge is 0.504 e. The zero-order chi connectivity index (χ0) is 20.2. The number of benzene rings is 1. The molecule has 2 heterocycles. The maximum Gasteiger partial charge on any atom is 0.256 e. The third-order valence-electron chi connectivity index (χ3n) is 5.87. The van der Waals surface area contributed by atoms with Crippen molar-refractivity contribution < 1.29 is 14.6 Å². The number of amides is 1. The number of phenolic OH excluding ortho intramolecular Hbond substituents is 1. The van der Waals surface area contributed by atoms with Crippen LogP contribution in [0.3, 0.4) is 0 Å². The number of thiophene rings is 1. The second-order valence-corrected chi connectivity index (χ2v) is 10.6. The van der Waals surface area contributed by atoms with Crippen molar-refractivity contribution in [2.75, 3.05) is 12.4 Å². The number of aromatic hydroxyl groups is 1. The van der Waals surface area contributed by atoms with Gasteiger partial charge in [-0.25, -0.2) is 0 Å². The molecule has 5 nitrogen and oxygen atoms in total.